The van der Waals surface area contributed by atoms with Crippen LogP contribution in [0.4, 0.5) is 0 Å². The summed E-state index contributed by atoms with van der Waals surface area (Å²) in [7, 11) is 0. The quantitative estimate of drug-likeness (QED) is 0.858. The molecule has 0 aliphatic heterocycles. The van der Waals surface area contributed by atoms with Crippen molar-refractivity contribution in [2.45, 2.75) is 12.3 Å². The zero-order chi connectivity index (χ0) is 15.2. The Morgan fingerprint density at radius 1 is 1.29 bits per heavy atom. The summed E-state index contributed by atoms with van der Waals surface area (Å²) in [6, 6.07) is 9.85. The van der Waals surface area contributed by atoms with Gasteiger partial charge in [0.2, 0.25) is 0 Å². The standard InChI is InChI=1S/C15H15NO4S/c1-21-9-12-5-6-13(20-12)14(17)16-8-10-3-2-4-11(7-10)15(18)19/h2-7H,8-9H2,1H3,(H,16,17)(H,18,19). The molecule has 0 fully saturated rings. The van der Waals surface area contributed by atoms with E-state index in [4.69, 9.17) is 9.52 Å². The van der Waals surface area contributed by atoms with Crippen LogP contribution in [0, 0.1) is 0 Å². The summed E-state index contributed by atoms with van der Waals surface area (Å²) in [6.45, 7) is 0.249. The summed E-state index contributed by atoms with van der Waals surface area (Å²) in [4.78, 5) is 22.8. The number of rotatable bonds is 6. The Bertz CT molecular complexity index is 651. The molecule has 0 bridgehead atoms. The third-order valence-electron chi connectivity index (χ3n) is 2.80. The molecule has 0 atom stereocenters. The molecule has 1 heterocycles. The molecular formula is C15H15NO4S. The van der Waals surface area contributed by atoms with Crippen molar-refractivity contribution >= 4 is 23.6 Å². The van der Waals surface area contributed by atoms with Crippen LogP contribution in [0.3, 0.4) is 0 Å². The third-order valence-corrected chi connectivity index (χ3v) is 3.37. The monoisotopic (exact) mass is 305 g/mol. The molecule has 0 saturated heterocycles. The second-order valence-electron chi connectivity index (χ2n) is 4.39. The SMILES string of the molecule is CSCc1ccc(C(=O)NCc2cccc(C(=O)O)c2)o1. The molecule has 21 heavy (non-hydrogen) atoms. The van der Waals surface area contributed by atoms with Crippen LogP contribution in [-0.2, 0) is 12.3 Å². The maximum Gasteiger partial charge on any atom is 0.335 e. The smallest absolute Gasteiger partial charge is 0.335 e. The summed E-state index contributed by atoms with van der Waals surface area (Å²) in [5, 5.41) is 11.6. The molecule has 5 nitrogen and oxygen atoms in total. The Balaban J connectivity index is 1.97. The van der Waals surface area contributed by atoms with E-state index in [1.807, 2.05) is 6.26 Å². The van der Waals surface area contributed by atoms with Crippen LogP contribution < -0.4 is 5.32 Å². The number of benzene rings is 1. The second-order valence-corrected chi connectivity index (χ2v) is 5.25. The van der Waals surface area contributed by atoms with E-state index in [1.54, 1.807) is 36.0 Å². The number of carboxylic acids is 1. The molecule has 0 unspecified atom stereocenters. The summed E-state index contributed by atoms with van der Waals surface area (Å²) in [5.41, 5.74) is 0.918. The Kier molecular flexibility index (Phi) is 5.05. The first-order valence-electron chi connectivity index (χ1n) is 6.28. The number of carboxylic acid groups (broad SMARTS) is 1. The summed E-state index contributed by atoms with van der Waals surface area (Å²) >= 11 is 1.61. The number of hydrogen-bond donors (Lipinski definition) is 2. The minimum absolute atomic E-state index is 0.196. The maximum atomic E-state index is 11.9. The fraction of sp³-hybridized carbons (Fsp3) is 0.200. The first kappa shape index (κ1) is 15.2. The zero-order valence-electron chi connectivity index (χ0n) is 11.5. The predicted molar refractivity (Wildman–Crippen MR) is 80.5 cm³/mol. The van der Waals surface area contributed by atoms with Crippen LogP contribution in [0.1, 0.15) is 32.2 Å². The van der Waals surface area contributed by atoms with Crippen LogP contribution in [0.15, 0.2) is 40.8 Å². The van der Waals surface area contributed by atoms with Gasteiger partial charge < -0.3 is 14.8 Å². The Morgan fingerprint density at radius 3 is 2.81 bits per heavy atom. The fourth-order valence-electron chi connectivity index (χ4n) is 1.80. The molecule has 1 aromatic heterocycles. The number of carbonyl (C=O) groups is 2. The van der Waals surface area contributed by atoms with Crippen molar-refractivity contribution in [1.29, 1.82) is 0 Å². The highest BCUT2D eigenvalue weighted by Gasteiger charge is 2.11. The number of carbonyl (C=O) groups excluding carboxylic acids is 1. The predicted octanol–water partition coefficient (Wildman–Crippen LogP) is 2.77. The van der Waals surface area contributed by atoms with Crippen molar-refractivity contribution in [3.63, 3.8) is 0 Å². The Hall–Kier alpha value is -2.21. The molecule has 0 aliphatic carbocycles. The maximum absolute atomic E-state index is 11.9. The number of amides is 1. The van der Waals surface area contributed by atoms with E-state index in [-0.39, 0.29) is 23.8 Å². The molecular weight excluding hydrogens is 290 g/mol. The number of hydrogen-bond acceptors (Lipinski definition) is 4. The van der Waals surface area contributed by atoms with Crippen LogP contribution in [0.5, 0.6) is 0 Å². The third kappa shape index (κ3) is 4.13. The van der Waals surface area contributed by atoms with Crippen molar-refractivity contribution in [2.75, 3.05) is 6.26 Å². The molecule has 1 amide bonds. The van der Waals surface area contributed by atoms with Crippen LogP contribution >= 0.6 is 11.8 Å². The van der Waals surface area contributed by atoms with Crippen LogP contribution in [-0.4, -0.2) is 23.2 Å². The van der Waals surface area contributed by atoms with Crippen LogP contribution in [0.2, 0.25) is 0 Å². The largest absolute Gasteiger partial charge is 0.478 e. The van der Waals surface area contributed by atoms with E-state index < -0.39 is 5.97 Å². The number of thioether (sulfide) groups is 1. The summed E-state index contributed by atoms with van der Waals surface area (Å²) in [5.74, 6) is 0.418. The van der Waals surface area contributed by atoms with Crippen molar-refractivity contribution in [2.24, 2.45) is 0 Å². The van der Waals surface area contributed by atoms with Crippen molar-refractivity contribution in [3.8, 4) is 0 Å². The molecule has 0 saturated carbocycles. The lowest BCUT2D eigenvalue weighted by Gasteiger charge is -2.04. The lowest BCUT2D eigenvalue weighted by Crippen LogP contribution is -2.22. The molecule has 110 valence electrons. The summed E-state index contributed by atoms with van der Waals surface area (Å²) < 4.78 is 5.41. The topological polar surface area (TPSA) is 79.5 Å². The highest BCUT2D eigenvalue weighted by molar-refractivity contribution is 7.97. The van der Waals surface area contributed by atoms with Crippen LogP contribution in [0.25, 0.3) is 0 Å². The van der Waals surface area contributed by atoms with E-state index in [2.05, 4.69) is 5.32 Å². The highest BCUT2D eigenvalue weighted by atomic mass is 32.2. The van der Waals surface area contributed by atoms with Gasteiger partial charge in [-0.05, 0) is 36.1 Å². The Labute approximate surface area is 126 Å². The van der Waals surface area contributed by atoms with Gasteiger partial charge in [0.15, 0.2) is 5.76 Å². The number of aromatic carboxylic acids is 1. The van der Waals surface area contributed by atoms with Gasteiger partial charge in [-0.2, -0.15) is 11.8 Å². The molecule has 2 rings (SSSR count). The summed E-state index contributed by atoms with van der Waals surface area (Å²) in [6.07, 6.45) is 1.96. The van der Waals surface area contributed by atoms with Gasteiger partial charge in [-0.15, -0.1) is 0 Å². The van der Waals surface area contributed by atoms with E-state index in [0.29, 0.717) is 5.75 Å². The van der Waals surface area contributed by atoms with E-state index in [0.717, 1.165) is 11.3 Å². The average molecular weight is 305 g/mol. The van der Waals surface area contributed by atoms with Crippen molar-refractivity contribution in [3.05, 3.63) is 59.0 Å². The van der Waals surface area contributed by atoms with Crippen molar-refractivity contribution < 1.29 is 19.1 Å². The zero-order valence-corrected chi connectivity index (χ0v) is 12.3. The van der Waals surface area contributed by atoms with Gasteiger partial charge in [-0.1, -0.05) is 12.1 Å². The van der Waals surface area contributed by atoms with E-state index in [1.165, 1.54) is 12.1 Å². The van der Waals surface area contributed by atoms with E-state index in [9.17, 15) is 9.59 Å². The van der Waals surface area contributed by atoms with Gasteiger partial charge in [-0.3, -0.25) is 4.79 Å². The van der Waals surface area contributed by atoms with Gasteiger partial charge in [0, 0.05) is 6.54 Å². The fourth-order valence-corrected chi connectivity index (χ4v) is 2.24. The highest BCUT2D eigenvalue weighted by Crippen LogP contribution is 2.13. The van der Waals surface area contributed by atoms with Gasteiger partial charge >= 0.3 is 5.97 Å². The molecule has 2 N–H and O–H groups in total. The molecule has 1 aromatic carbocycles. The van der Waals surface area contributed by atoms with Gasteiger partial charge in [-0.25, -0.2) is 4.79 Å². The minimum Gasteiger partial charge on any atom is -0.478 e. The molecule has 6 heteroatoms. The van der Waals surface area contributed by atoms with Crippen molar-refractivity contribution in [1.82, 2.24) is 5.32 Å². The van der Waals surface area contributed by atoms with Gasteiger partial charge in [0.1, 0.15) is 5.76 Å². The lowest BCUT2D eigenvalue weighted by atomic mass is 10.1. The van der Waals surface area contributed by atoms with E-state index >= 15 is 0 Å². The second kappa shape index (κ2) is 6.99. The Morgan fingerprint density at radius 2 is 2.10 bits per heavy atom. The number of nitrogens with one attached hydrogen (secondary N) is 1. The lowest BCUT2D eigenvalue weighted by molar-refractivity contribution is 0.0696. The molecule has 2 aromatic rings. The first-order chi connectivity index (χ1) is 10.1. The normalized spacial score (nSPS) is 10.3. The average Bonchev–Trinajstić information content (AvgIpc) is 2.94. The number of furan rings is 1. The van der Waals surface area contributed by atoms with Gasteiger partial charge in [0.05, 0.1) is 11.3 Å². The van der Waals surface area contributed by atoms with Gasteiger partial charge in [0.25, 0.3) is 5.91 Å². The minimum atomic E-state index is -0.990. The first-order valence-corrected chi connectivity index (χ1v) is 7.67. The molecule has 0 aliphatic rings. The molecule has 0 radical (unpaired) electrons. The molecule has 0 spiro atoms.